The Morgan fingerprint density at radius 1 is 1.03 bits per heavy atom. The summed E-state index contributed by atoms with van der Waals surface area (Å²) < 4.78 is 20.7. The average Bonchev–Trinajstić information content (AvgIpc) is 3.34. The molecule has 0 unspecified atom stereocenters. The average molecular weight is 429 g/mol. The molecule has 3 aliphatic rings. The number of anilines is 1. The monoisotopic (exact) mass is 429 g/mol. The van der Waals surface area contributed by atoms with Crippen LogP contribution in [0.25, 0.3) is 10.9 Å². The van der Waals surface area contributed by atoms with Gasteiger partial charge in [-0.1, -0.05) is 0 Å². The number of fused-ring (bicyclic) bond motifs is 1. The molecule has 0 aliphatic carbocycles. The Morgan fingerprint density at radius 2 is 1.74 bits per heavy atom. The summed E-state index contributed by atoms with van der Waals surface area (Å²) in [6, 6.07) is 3.40. The van der Waals surface area contributed by atoms with Gasteiger partial charge in [0.2, 0.25) is 0 Å². The zero-order chi connectivity index (χ0) is 21.4. The number of benzene rings is 1. The normalized spacial score (nSPS) is 22.2. The molecule has 4 heterocycles. The van der Waals surface area contributed by atoms with E-state index in [9.17, 15) is 9.90 Å². The summed E-state index contributed by atoms with van der Waals surface area (Å²) in [5.74, 6) is -0.273. The second-order valence-electron chi connectivity index (χ2n) is 8.64. The number of likely N-dealkylation sites (tertiary alicyclic amines) is 2. The Morgan fingerprint density at radius 3 is 2.42 bits per heavy atom. The first kappa shape index (κ1) is 20.4. The second-order valence-corrected chi connectivity index (χ2v) is 8.64. The zero-order valence-corrected chi connectivity index (χ0v) is 17.6. The molecule has 2 aromatic rings. The van der Waals surface area contributed by atoms with Gasteiger partial charge in [-0.15, -0.1) is 0 Å². The second kappa shape index (κ2) is 8.20. The quantitative estimate of drug-likeness (QED) is 0.803. The molecule has 3 fully saturated rings. The van der Waals surface area contributed by atoms with E-state index in [-0.39, 0.29) is 5.82 Å². The topological polar surface area (TPSA) is 82.0 Å². The van der Waals surface area contributed by atoms with E-state index in [1.54, 1.807) is 12.4 Å². The molecule has 3 aliphatic heterocycles. The molecule has 0 radical (unpaired) electrons. The minimum atomic E-state index is -0.885. The lowest BCUT2D eigenvalue weighted by atomic mass is 9.81. The molecule has 1 amide bonds. The number of piperidine rings is 1. The van der Waals surface area contributed by atoms with Crippen LogP contribution in [0.15, 0.2) is 18.5 Å². The lowest BCUT2D eigenvalue weighted by Gasteiger charge is -2.47. The first-order chi connectivity index (χ1) is 15.1. The smallest absolute Gasteiger partial charge is 0.407 e. The van der Waals surface area contributed by atoms with Gasteiger partial charge in [0.25, 0.3) is 0 Å². The fourth-order valence-electron chi connectivity index (χ4n) is 5.40. The lowest BCUT2D eigenvalue weighted by Crippen LogP contribution is -2.53. The molecule has 0 saturated carbocycles. The molecule has 5 rings (SSSR count). The summed E-state index contributed by atoms with van der Waals surface area (Å²) in [5.41, 5.74) is 1.72. The van der Waals surface area contributed by atoms with Gasteiger partial charge in [-0.25, -0.2) is 19.2 Å². The Bertz CT molecular complexity index is 967. The van der Waals surface area contributed by atoms with Crippen molar-refractivity contribution in [1.29, 1.82) is 0 Å². The highest BCUT2D eigenvalue weighted by Gasteiger charge is 2.45. The molecule has 1 N–H and O–H groups in total. The highest BCUT2D eigenvalue weighted by Crippen LogP contribution is 2.43. The Hall–Kier alpha value is -2.52. The Kier molecular flexibility index (Phi) is 5.39. The van der Waals surface area contributed by atoms with Crippen molar-refractivity contribution in [3.05, 3.63) is 30.0 Å². The van der Waals surface area contributed by atoms with E-state index >= 15 is 4.39 Å². The van der Waals surface area contributed by atoms with E-state index in [4.69, 9.17) is 4.74 Å². The van der Waals surface area contributed by atoms with Crippen LogP contribution < -0.4 is 4.90 Å². The van der Waals surface area contributed by atoms with Gasteiger partial charge < -0.3 is 19.6 Å². The van der Waals surface area contributed by atoms with Gasteiger partial charge in [-0.05, 0) is 50.9 Å². The zero-order valence-electron chi connectivity index (χ0n) is 17.6. The number of halogens is 1. The molecule has 0 spiro atoms. The fraction of sp³-hybridized carbons (Fsp3) is 0.591. The van der Waals surface area contributed by atoms with Crippen LogP contribution >= 0.6 is 0 Å². The van der Waals surface area contributed by atoms with Crippen molar-refractivity contribution in [2.75, 3.05) is 57.4 Å². The molecular weight excluding hydrogens is 401 g/mol. The van der Waals surface area contributed by atoms with Gasteiger partial charge >= 0.3 is 6.09 Å². The molecule has 8 nitrogen and oxygen atoms in total. The van der Waals surface area contributed by atoms with Gasteiger partial charge in [0, 0.05) is 31.6 Å². The van der Waals surface area contributed by atoms with Gasteiger partial charge in [-0.3, -0.25) is 4.90 Å². The van der Waals surface area contributed by atoms with Gasteiger partial charge in [-0.2, -0.15) is 0 Å². The maximum Gasteiger partial charge on any atom is 0.407 e. The van der Waals surface area contributed by atoms with Crippen molar-refractivity contribution < 1.29 is 19.0 Å². The summed E-state index contributed by atoms with van der Waals surface area (Å²) in [7, 11) is 0. The first-order valence-corrected chi connectivity index (χ1v) is 11.1. The summed E-state index contributed by atoms with van der Waals surface area (Å²) in [6.07, 6.45) is 4.21. The minimum absolute atomic E-state index is 0.273. The molecule has 1 aromatic heterocycles. The van der Waals surface area contributed by atoms with Gasteiger partial charge in [0.05, 0.1) is 35.7 Å². The Balaban J connectivity index is 1.58. The summed E-state index contributed by atoms with van der Waals surface area (Å²) >= 11 is 0. The maximum absolute atomic E-state index is 15.3. The molecule has 0 atom stereocenters. The molecule has 0 bridgehead atoms. The third-order valence-electron chi connectivity index (χ3n) is 7.07. The van der Waals surface area contributed by atoms with Crippen LogP contribution in [0.4, 0.5) is 14.9 Å². The van der Waals surface area contributed by atoms with E-state index in [1.807, 2.05) is 11.0 Å². The van der Waals surface area contributed by atoms with Crippen molar-refractivity contribution in [3.8, 4) is 0 Å². The van der Waals surface area contributed by atoms with E-state index in [1.165, 1.54) is 4.90 Å². The van der Waals surface area contributed by atoms with E-state index in [0.717, 1.165) is 42.5 Å². The van der Waals surface area contributed by atoms with Crippen LogP contribution in [0.5, 0.6) is 0 Å². The SMILES string of the molecule is O=C(O)N1CCC(c2ncnc3cc(N4CCOCC4)c(F)cc23)(N2CCCC2)CC1. The minimum Gasteiger partial charge on any atom is -0.465 e. The number of carboxylic acid groups (broad SMARTS) is 1. The molecule has 3 saturated heterocycles. The van der Waals surface area contributed by atoms with E-state index in [2.05, 4.69) is 14.9 Å². The maximum atomic E-state index is 15.3. The summed E-state index contributed by atoms with van der Waals surface area (Å²) in [4.78, 5) is 26.5. The highest BCUT2D eigenvalue weighted by molar-refractivity contribution is 5.85. The van der Waals surface area contributed by atoms with Gasteiger partial charge in [0.1, 0.15) is 12.1 Å². The third kappa shape index (κ3) is 3.59. The van der Waals surface area contributed by atoms with Crippen molar-refractivity contribution in [1.82, 2.24) is 19.8 Å². The number of carbonyl (C=O) groups is 1. The predicted octanol–water partition coefficient (Wildman–Crippen LogP) is 2.67. The van der Waals surface area contributed by atoms with Crippen molar-refractivity contribution in [2.45, 2.75) is 31.2 Å². The standard InChI is InChI=1S/C22H28FN5O3/c23-17-13-16-18(14-19(17)26-9-11-31-12-10-26)24-15-25-20(16)22(28-5-1-2-6-28)3-7-27(8-4-22)21(29)30/h13-15H,1-12H2,(H,29,30). The van der Waals surface area contributed by atoms with E-state index in [0.29, 0.717) is 57.9 Å². The number of hydrogen-bond donors (Lipinski definition) is 1. The number of ether oxygens (including phenoxy) is 1. The number of aromatic nitrogens is 2. The van der Waals surface area contributed by atoms with Crippen LogP contribution in [0.2, 0.25) is 0 Å². The van der Waals surface area contributed by atoms with Crippen LogP contribution in [-0.2, 0) is 10.3 Å². The fourth-order valence-corrected chi connectivity index (χ4v) is 5.40. The summed E-state index contributed by atoms with van der Waals surface area (Å²) in [5, 5.41) is 10.2. The highest BCUT2D eigenvalue weighted by atomic mass is 19.1. The lowest BCUT2D eigenvalue weighted by molar-refractivity contribution is 0.0338. The van der Waals surface area contributed by atoms with Crippen LogP contribution in [0.3, 0.4) is 0 Å². The van der Waals surface area contributed by atoms with E-state index < -0.39 is 11.6 Å². The van der Waals surface area contributed by atoms with Crippen molar-refractivity contribution in [2.24, 2.45) is 0 Å². The van der Waals surface area contributed by atoms with Crippen molar-refractivity contribution >= 4 is 22.7 Å². The number of morpholine rings is 1. The number of nitrogens with zero attached hydrogens (tertiary/aromatic N) is 5. The number of rotatable bonds is 3. The number of hydrogen-bond acceptors (Lipinski definition) is 6. The van der Waals surface area contributed by atoms with Gasteiger partial charge in [0.15, 0.2) is 0 Å². The first-order valence-electron chi connectivity index (χ1n) is 11.1. The molecule has 31 heavy (non-hydrogen) atoms. The van der Waals surface area contributed by atoms with Crippen LogP contribution in [-0.4, -0.2) is 83.4 Å². The van der Waals surface area contributed by atoms with Crippen LogP contribution in [0, 0.1) is 5.82 Å². The predicted molar refractivity (Wildman–Crippen MR) is 114 cm³/mol. The molecular formula is C22H28FN5O3. The molecule has 166 valence electrons. The Labute approximate surface area is 180 Å². The third-order valence-corrected chi connectivity index (χ3v) is 7.07. The van der Waals surface area contributed by atoms with Crippen LogP contribution in [0.1, 0.15) is 31.4 Å². The molecule has 9 heteroatoms. The largest absolute Gasteiger partial charge is 0.465 e. The summed E-state index contributed by atoms with van der Waals surface area (Å²) in [6.45, 7) is 5.29. The number of amides is 1. The molecule has 1 aromatic carbocycles. The van der Waals surface area contributed by atoms with Crippen molar-refractivity contribution in [3.63, 3.8) is 0 Å².